The molecule has 0 fully saturated rings. The van der Waals surface area contributed by atoms with Gasteiger partial charge in [-0.05, 0) is 48.7 Å². The lowest BCUT2D eigenvalue weighted by atomic mass is 9.78. The number of carbonyl (C=O) groups excluding carboxylic acids is 1. The van der Waals surface area contributed by atoms with Crippen LogP contribution in [-0.2, 0) is 22.8 Å². The second kappa shape index (κ2) is 5.04. The first-order valence-corrected chi connectivity index (χ1v) is 6.84. The quantitative estimate of drug-likeness (QED) is 0.856. The fourth-order valence-corrected chi connectivity index (χ4v) is 2.75. The van der Waals surface area contributed by atoms with Gasteiger partial charge in [0.2, 0.25) is 5.91 Å². The van der Waals surface area contributed by atoms with Gasteiger partial charge < -0.3 is 5.32 Å². The Balaban J connectivity index is 1.93. The molecule has 0 saturated carbocycles. The maximum Gasteiger partial charge on any atom is 0.433 e. The third-order valence-corrected chi connectivity index (χ3v) is 4.00. The van der Waals surface area contributed by atoms with Crippen molar-refractivity contribution in [3.05, 3.63) is 59.2 Å². The van der Waals surface area contributed by atoms with E-state index >= 15 is 0 Å². The molecule has 1 aliphatic rings. The number of aromatic nitrogens is 1. The van der Waals surface area contributed by atoms with Crippen molar-refractivity contribution in [3.8, 4) is 0 Å². The number of nitrogens with one attached hydrogen (secondary N) is 1. The Hall–Kier alpha value is -2.44. The third-order valence-electron chi connectivity index (χ3n) is 4.00. The normalized spacial score (nSPS) is 20.3. The predicted molar refractivity (Wildman–Crippen MR) is 75.3 cm³/mol. The number of carbonyl (C=O) groups is 1. The minimum Gasteiger partial charge on any atom is -0.325 e. The first kappa shape index (κ1) is 15.5. The average Bonchev–Trinajstić information content (AvgIpc) is 2.71. The Labute approximate surface area is 129 Å². The van der Waals surface area contributed by atoms with Gasteiger partial charge in [0.15, 0.2) is 0 Å². The van der Waals surface area contributed by atoms with Crippen molar-refractivity contribution in [3.63, 3.8) is 0 Å². The van der Waals surface area contributed by atoms with Crippen LogP contribution >= 0.6 is 0 Å². The van der Waals surface area contributed by atoms with Gasteiger partial charge in [0.05, 0.1) is 5.41 Å². The number of fused-ring (bicyclic) bond motifs is 1. The van der Waals surface area contributed by atoms with Gasteiger partial charge in [-0.1, -0.05) is 6.07 Å². The molecule has 1 aromatic heterocycles. The average molecular weight is 324 g/mol. The van der Waals surface area contributed by atoms with Crippen LogP contribution in [0.4, 0.5) is 23.2 Å². The minimum atomic E-state index is -4.51. The molecular weight excluding hydrogens is 312 g/mol. The summed E-state index contributed by atoms with van der Waals surface area (Å²) in [7, 11) is 0. The zero-order valence-corrected chi connectivity index (χ0v) is 12.0. The largest absolute Gasteiger partial charge is 0.433 e. The van der Waals surface area contributed by atoms with E-state index in [2.05, 4.69) is 10.3 Å². The summed E-state index contributed by atoms with van der Waals surface area (Å²) in [6, 6.07) is 6.14. The fraction of sp³-hybridized carbons (Fsp3) is 0.250. The highest BCUT2D eigenvalue weighted by Crippen LogP contribution is 2.40. The lowest BCUT2D eigenvalue weighted by molar-refractivity contribution is -0.141. The number of alkyl halides is 3. The molecule has 23 heavy (non-hydrogen) atoms. The van der Waals surface area contributed by atoms with Crippen molar-refractivity contribution >= 4 is 11.6 Å². The van der Waals surface area contributed by atoms with E-state index in [1.165, 1.54) is 24.3 Å². The van der Waals surface area contributed by atoms with E-state index < -0.39 is 23.1 Å². The van der Waals surface area contributed by atoms with Gasteiger partial charge in [-0.2, -0.15) is 13.2 Å². The Kier molecular flexibility index (Phi) is 3.39. The molecule has 1 N–H and O–H groups in total. The van der Waals surface area contributed by atoms with Crippen molar-refractivity contribution in [2.75, 3.05) is 5.32 Å². The third kappa shape index (κ3) is 2.67. The zero-order valence-electron chi connectivity index (χ0n) is 12.0. The van der Waals surface area contributed by atoms with E-state index in [-0.39, 0.29) is 12.3 Å². The lowest BCUT2D eigenvalue weighted by Gasteiger charge is -2.22. The van der Waals surface area contributed by atoms with Gasteiger partial charge in [0.1, 0.15) is 11.5 Å². The molecule has 0 saturated heterocycles. The number of halogens is 4. The van der Waals surface area contributed by atoms with Gasteiger partial charge in [-0.25, -0.2) is 4.39 Å². The summed E-state index contributed by atoms with van der Waals surface area (Å²) < 4.78 is 51.1. The monoisotopic (exact) mass is 324 g/mol. The van der Waals surface area contributed by atoms with E-state index in [9.17, 15) is 22.4 Å². The summed E-state index contributed by atoms with van der Waals surface area (Å²) in [6.45, 7) is 1.63. The SMILES string of the molecule is CC1(Cc2ccc(C(F)(F)F)nc2)C(=O)Nc2ccc(F)cc21. The molecule has 1 aliphatic heterocycles. The lowest BCUT2D eigenvalue weighted by Crippen LogP contribution is -2.33. The Morgan fingerprint density at radius 3 is 2.57 bits per heavy atom. The summed E-state index contributed by atoms with van der Waals surface area (Å²) in [5.41, 5.74) is -0.582. The van der Waals surface area contributed by atoms with Crippen molar-refractivity contribution in [1.82, 2.24) is 4.98 Å². The van der Waals surface area contributed by atoms with E-state index in [0.717, 1.165) is 12.3 Å². The zero-order chi connectivity index (χ0) is 16.8. The molecule has 120 valence electrons. The van der Waals surface area contributed by atoms with Crippen LogP contribution in [0.25, 0.3) is 0 Å². The molecule has 3 nitrogen and oxygen atoms in total. The first-order chi connectivity index (χ1) is 10.7. The second-order valence-electron chi connectivity index (χ2n) is 5.70. The molecule has 1 aromatic carbocycles. The predicted octanol–water partition coefficient (Wildman–Crippen LogP) is 3.69. The topological polar surface area (TPSA) is 42.0 Å². The van der Waals surface area contributed by atoms with Gasteiger partial charge in [0, 0.05) is 11.9 Å². The van der Waals surface area contributed by atoms with Crippen LogP contribution in [0.2, 0.25) is 0 Å². The van der Waals surface area contributed by atoms with Crippen LogP contribution in [0.3, 0.4) is 0 Å². The van der Waals surface area contributed by atoms with E-state index in [4.69, 9.17) is 0 Å². The number of benzene rings is 1. The minimum absolute atomic E-state index is 0.125. The Morgan fingerprint density at radius 1 is 1.22 bits per heavy atom. The Bertz CT molecular complexity index is 771. The van der Waals surface area contributed by atoms with Crippen molar-refractivity contribution < 1.29 is 22.4 Å². The molecule has 1 unspecified atom stereocenters. The number of hydrogen-bond acceptors (Lipinski definition) is 2. The van der Waals surface area contributed by atoms with E-state index in [1.54, 1.807) is 6.92 Å². The summed E-state index contributed by atoms with van der Waals surface area (Å²) in [5.74, 6) is -0.796. The fourth-order valence-electron chi connectivity index (χ4n) is 2.75. The van der Waals surface area contributed by atoms with E-state index in [0.29, 0.717) is 16.8 Å². The highest BCUT2D eigenvalue weighted by Gasteiger charge is 2.43. The molecule has 0 radical (unpaired) electrons. The molecule has 7 heteroatoms. The first-order valence-electron chi connectivity index (χ1n) is 6.84. The molecular formula is C16H12F4N2O. The van der Waals surface area contributed by atoms with Crippen molar-refractivity contribution in [2.24, 2.45) is 0 Å². The highest BCUT2D eigenvalue weighted by molar-refractivity contribution is 6.06. The smallest absolute Gasteiger partial charge is 0.325 e. The number of pyridine rings is 1. The molecule has 1 atom stereocenters. The molecule has 2 aromatic rings. The standard InChI is InChI=1S/C16H12F4N2O/c1-15(7-9-2-5-13(21-8-9)16(18,19)20)11-6-10(17)3-4-12(11)22-14(15)23/h2-6,8H,7H2,1H3,(H,22,23). The number of rotatable bonds is 2. The molecule has 0 aliphatic carbocycles. The summed E-state index contributed by atoms with van der Waals surface area (Å²) in [4.78, 5) is 15.7. The van der Waals surface area contributed by atoms with Crippen LogP contribution in [0.15, 0.2) is 36.5 Å². The Morgan fingerprint density at radius 2 is 1.96 bits per heavy atom. The second-order valence-corrected chi connectivity index (χ2v) is 5.70. The van der Waals surface area contributed by atoms with Gasteiger partial charge >= 0.3 is 6.18 Å². The van der Waals surface area contributed by atoms with Crippen LogP contribution in [0.5, 0.6) is 0 Å². The van der Waals surface area contributed by atoms with Crippen LogP contribution in [0, 0.1) is 5.82 Å². The molecule has 2 heterocycles. The van der Waals surface area contributed by atoms with Crippen LogP contribution < -0.4 is 5.32 Å². The number of nitrogens with zero attached hydrogens (tertiary/aromatic N) is 1. The highest BCUT2D eigenvalue weighted by atomic mass is 19.4. The summed E-state index contributed by atoms with van der Waals surface area (Å²) >= 11 is 0. The number of hydrogen-bond donors (Lipinski definition) is 1. The molecule has 0 spiro atoms. The van der Waals surface area contributed by atoms with Crippen LogP contribution in [-0.4, -0.2) is 10.9 Å². The van der Waals surface area contributed by atoms with Gasteiger partial charge in [0.25, 0.3) is 0 Å². The molecule has 0 bridgehead atoms. The van der Waals surface area contributed by atoms with Gasteiger partial charge in [-0.15, -0.1) is 0 Å². The van der Waals surface area contributed by atoms with Crippen molar-refractivity contribution in [1.29, 1.82) is 0 Å². The number of amides is 1. The molecule has 1 amide bonds. The van der Waals surface area contributed by atoms with Crippen molar-refractivity contribution in [2.45, 2.75) is 24.9 Å². The summed E-state index contributed by atoms with van der Waals surface area (Å²) in [6.07, 6.45) is -3.29. The van der Waals surface area contributed by atoms with Crippen LogP contribution in [0.1, 0.15) is 23.7 Å². The number of anilines is 1. The molecule has 3 rings (SSSR count). The maximum atomic E-state index is 13.5. The van der Waals surface area contributed by atoms with Gasteiger partial charge in [-0.3, -0.25) is 9.78 Å². The summed E-state index contributed by atoms with van der Waals surface area (Å²) in [5, 5.41) is 2.67. The van der Waals surface area contributed by atoms with E-state index in [1.807, 2.05) is 0 Å². The maximum absolute atomic E-state index is 13.5.